The summed E-state index contributed by atoms with van der Waals surface area (Å²) in [5, 5.41) is 9.54. The first kappa shape index (κ1) is 23.9. The van der Waals surface area contributed by atoms with Crippen LogP contribution in [0.2, 0.25) is 13.3 Å². The molecule has 4 heteroatoms. The van der Waals surface area contributed by atoms with E-state index >= 15 is 0 Å². The van der Waals surface area contributed by atoms with Gasteiger partial charge in [0.05, 0.1) is 0 Å². The van der Waals surface area contributed by atoms with Gasteiger partial charge in [0, 0.05) is 0 Å². The molecular weight excluding hydrogens is 485 g/mol. The first-order valence-corrected chi connectivity index (χ1v) is 19.6. The first-order chi connectivity index (χ1) is 15.2. The summed E-state index contributed by atoms with van der Waals surface area (Å²) < 4.78 is 5.78. The van der Waals surface area contributed by atoms with Gasteiger partial charge in [-0.25, -0.2) is 0 Å². The molecule has 0 saturated carbocycles. The van der Waals surface area contributed by atoms with Crippen molar-refractivity contribution in [1.29, 1.82) is 0 Å². The molecule has 1 aromatic carbocycles. The monoisotopic (exact) mass is 523 g/mol. The SMILES string of the molecule is CCC[CH2][Sn]([CH2]CCC)([CH2]CCC)[c]1cc(-c2ccccc2)nnc1-c1ccccn1. The zero-order valence-electron chi connectivity index (χ0n) is 19.5. The molecule has 0 aliphatic rings. The average Bonchev–Trinajstić information content (AvgIpc) is 2.84. The normalized spacial score (nSPS) is 11.6. The van der Waals surface area contributed by atoms with Crippen LogP contribution < -0.4 is 3.58 Å². The molecule has 2 heterocycles. The molecule has 31 heavy (non-hydrogen) atoms. The second-order valence-electron chi connectivity index (χ2n) is 8.66. The van der Waals surface area contributed by atoms with Crippen LogP contribution in [0.4, 0.5) is 0 Å². The molecule has 0 unspecified atom stereocenters. The summed E-state index contributed by atoms with van der Waals surface area (Å²) in [5.41, 5.74) is 4.21. The first-order valence-electron chi connectivity index (χ1n) is 12.1. The molecule has 3 nitrogen and oxygen atoms in total. The van der Waals surface area contributed by atoms with Gasteiger partial charge in [0.1, 0.15) is 0 Å². The molecule has 0 N–H and O–H groups in total. The maximum absolute atomic E-state index is 4.86. The number of hydrogen-bond acceptors (Lipinski definition) is 3. The molecule has 0 bridgehead atoms. The van der Waals surface area contributed by atoms with E-state index in [9.17, 15) is 0 Å². The van der Waals surface area contributed by atoms with Crippen molar-refractivity contribution in [3.63, 3.8) is 0 Å². The number of unbranched alkanes of at least 4 members (excludes halogenated alkanes) is 3. The number of pyridine rings is 1. The topological polar surface area (TPSA) is 38.7 Å². The van der Waals surface area contributed by atoms with Crippen LogP contribution in [0.1, 0.15) is 59.3 Å². The Balaban J connectivity index is 2.21. The van der Waals surface area contributed by atoms with E-state index in [1.165, 1.54) is 51.8 Å². The Morgan fingerprint density at radius 2 is 1.29 bits per heavy atom. The fourth-order valence-corrected chi connectivity index (χ4v) is 21.0. The van der Waals surface area contributed by atoms with Crippen LogP contribution in [0.25, 0.3) is 22.6 Å². The molecule has 0 radical (unpaired) electrons. The van der Waals surface area contributed by atoms with Gasteiger partial charge < -0.3 is 0 Å². The van der Waals surface area contributed by atoms with Gasteiger partial charge in [-0.05, 0) is 0 Å². The molecule has 2 aromatic heterocycles. The molecule has 0 aliphatic carbocycles. The summed E-state index contributed by atoms with van der Waals surface area (Å²) in [6.07, 6.45) is 9.66. The van der Waals surface area contributed by atoms with Crippen LogP contribution in [0, 0.1) is 0 Å². The molecule has 0 fully saturated rings. The number of hydrogen-bond donors (Lipinski definition) is 0. The van der Waals surface area contributed by atoms with Crippen LogP contribution in [-0.4, -0.2) is 33.6 Å². The molecule has 0 spiro atoms. The second kappa shape index (κ2) is 12.3. The molecular formula is C27H37N3Sn. The van der Waals surface area contributed by atoms with Crippen LogP contribution in [0.3, 0.4) is 0 Å². The number of aromatic nitrogens is 3. The van der Waals surface area contributed by atoms with Gasteiger partial charge in [0.15, 0.2) is 0 Å². The van der Waals surface area contributed by atoms with E-state index in [1.807, 2.05) is 12.3 Å². The van der Waals surface area contributed by atoms with E-state index in [4.69, 9.17) is 10.1 Å². The van der Waals surface area contributed by atoms with Crippen molar-refractivity contribution in [3.05, 3.63) is 60.8 Å². The molecule has 164 valence electrons. The minimum absolute atomic E-state index is 0.982. The zero-order chi connectivity index (χ0) is 21.9. The Kier molecular flexibility index (Phi) is 9.50. The predicted molar refractivity (Wildman–Crippen MR) is 135 cm³/mol. The Bertz CT molecular complexity index is 891. The van der Waals surface area contributed by atoms with Crippen LogP contribution in [0.5, 0.6) is 0 Å². The number of rotatable bonds is 12. The van der Waals surface area contributed by atoms with Gasteiger partial charge in [0.2, 0.25) is 0 Å². The van der Waals surface area contributed by atoms with Crippen molar-refractivity contribution in [3.8, 4) is 22.6 Å². The summed E-state index contributed by atoms with van der Waals surface area (Å²) in [7, 11) is 0. The van der Waals surface area contributed by atoms with Gasteiger partial charge in [0.25, 0.3) is 0 Å². The fourth-order valence-electron chi connectivity index (χ4n) is 4.56. The van der Waals surface area contributed by atoms with Crippen molar-refractivity contribution >= 4 is 22.0 Å². The molecule has 3 aromatic rings. The molecule has 0 saturated heterocycles. The van der Waals surface area contributed by atoms with Crippen LogP contribution in [0.15, 0.2) is 60.8 Å². The van der Waals surface area contributed by atoms with Crippen molar-refractivity contribution in [2.75, 3.05) is 0 Å². The van der Waals surface area contributed by atoms with Crippen LogP contribution in [-0.2, 0) is 0 Å². The average molecular weight is 522 g/mol. The number of benzene rings is 1. The van der Waals surface area contributed by atoms with Gasteiger partial charge in [-0.2, -0.15) is 0 Å². The van der Waals surface area contributed by atoms with Crippen molar-refractivity contribution < 1.29 is 0 Å². The summed E-state index contributed by atoms with van der Waals surface area (Å²) in [6, 6.07) is 19.1. The Labute approximate surface area is 192 Å². The predicted octanol–water partition coefficient (Wildman–Crippen LogP) is 7.26. The molecule has 0 atom stereocenters. The zero-order valence-corrected chi connectivity index (χ0v) is 22.3. The number of nitrogens with zero attached hydrogens (tertiary/aromatic N) is 3. The van der Waals surface area contributed by atoms with Crippen molar-refractivity contribution in [2.24, 2.45) is 0 Å². The quantitative estimate of drug-likeness (QED) is 0.235. The van der Waals surface area contributed by atoms with Gasteiger partial charge in [-0.3, -0.25) is 0 Å². The van der Waals surface area contributed by atoms with Crippen molar-refractivity contribution in [1.82, 2.24) is 15.2 Å². The summed E-state index contributed by atoms with van der Waals surface area (Å²) in [4.78, 5) is 4.70. The van der Waals surface area contributed by atoms with E-state index in [1.54, 1.807) is 3.58 Å². The molecule has 0 amide bonds. The summed E-state index contributed by atoms with van der Waals surface area (Å²) in [6.45, 7) is 6.99. The third kappa shape index (κ3) is 6.15. The maximum atomic E-state index is 4.86. The van der Waals surface area contributed by atoms with E-state index in [2.05, 4.69) is 74.4 Å². The molecule has 0 aliphatic heterocycles. The van der Waals surface area contributed by atoms with E-state index in [0.29, 0.717) is 0 Å². The summed E-state index contributed by atoms with van der Waals surface area (Å²) >= 11 is -2.74. The summed E-state index contributed by atoms with van der Waals surface area (Å²) in [5.74, 6) is 0. The third-order valence-electron chi connectivity index (χ3n) is 6.37. The standard InChI is InChI=1S/C15H10N3.3C4H9.Sn/c1-2-6-12(7-3-1)13-9-10-15(18-17-13)14-8-4-5-11-16-14;3*1-3-4-2;/h1-9,11H;3*1,3-4H2,2H3;. The second-order valence-corrected chi connectivity index (χ2v) is 21.8. The fraction of sp³-hybridized carbons (Fsp3) is 0.444. The third-order valence-corrected chi connectivity index (χ3v) is 21.9. The van der Waals surface area contributed by atoms with Gasteiger partial charge in [-0.1, -0.05) is 0 Å². The van der Waals surface area contributed by atoms with Crippen molar-refractivity contribution in [2.45, 2.75) is 72.6 Å². The van der Waals surface area contributed by atoms with Gasteiger partial charge >= 0.3 is 193 Å². The van der Waals surface area contributed by atoms with E-state index in [0.717, 1.165) is 22.6 Å². The Morgan fingerprint density at radius 3 is 1.84 bits per heavy atom. The van der Waals surface area contributed by atoms with E-state index < -0.39 is 18.4 Å². The Morgan fingerprint density at radius 1 is 0.677 bits per heavy atom. The Hall–Kier alpha value is -1.75. The van der Waals surface area contributed by atoms with Crippen LogP contribution >= 0.6 is 0 Å². The minimum atomic E-state index is -2.74. The van der Waals surface area contributed by atoms with Gasteiger partial charge in [-0.15, -0.1) is 0 Å². The van der Waals surface area contributed by atoms with E-state index in [-0.39, 0.29) is 0 Å². The molecule has 3 rings (SSSR count).